The van der Waals surface area contributed by atoms with Crippen LogP contribution in [0.4, 0.5) is 5.69 Å². The van der Waals surface area contributed by atoms with Crippen LogP contribution in [0.5, 0.6) is 0 Å². The van der Waals surface area contributed by atoms with Gasteiger partial charge in [0.1, 0.15) is 5.82 Å². The first-order valence-corrected chi connectivity index (χ1v) is 9.36. The van der Waals surface area contributed by atoms with Crippen molar-refractivity contribution in [1.82, 2.24) is 9.97 Å². The molecule has 1 heterocycles. The molecule has 3 N–H and O–H groups in total. The number of nitrogens with one attached hydrogen (secondary N) is 2. The standard InChI is InChI=1S/C23H17N3O5/c27-20(24-15-11-9-14(10-12-15)22(28)29)13-31-23(30)17-6-2-1-5-16(17)21-25-18-7-3-4-8-19(18)26-21/h1-12H,13H2,(H,24,27)(H,25,26)(H,28,29). The average molecular weight is 415 g/mol. The molecule has 4 rings (SSSR count). The molecule has 31 heavy (non-hydrogen) atoms. The molecule has 0 aliphatic carbocycles. The number of fused-ring (bicyclic) bond motifs is 1. The van der Waals surface area contributed by atoms with Gasteiger partial charge < -0.3 is 20.1 Å². The molecule has 1 aromatic heterocycles. The van der Waals surface area contributed by atoms with E-state index in [-0.39, 0.29) is 11.1 Å². The Morgan fingerprint density at radius 1 is 0.935 bits per heavy atom. The molecule has 8 heteroatoms. The van der Waals surface area contributed by atoms with Crippen LogP contribution < -0.4 is 5.32 Å². The first-order valence-electron chi connectivity index (χ1n) is 9.36. The van der Waals surface area contributed by atoms with Gasteiger partial charge in [0.25, 0.3) is 5.91 Å². The Morgan fingerprint density at radius 2 is 1.65 bits per heavy atom. The summed E-state index contributed by atoms with van der Waals surface area (Å²) in [5, 5.41) is 11.5. The lowest BCUT2D eigenvalue weighted by molar-refractivity contribution is -0.119. The third-order valence-electron chi connectivity index (χ3n) is 4.54. The summed E-state index contributed by atoms with van der Waals surface area (Å²) in [7, 11) is 0. The number of benzene rings is 3. The van der Waals surface area contributed by atoms with Gasteiger partial charge in [-0.3, -0.25) is 4.79 Å². The lowest BCUT2D eigenvalue weighted by Gasteiger charge is -2.09. The fourth-order valence-corrected chi connectivity index (χ4v) is 3.05. The Kier molecular flexibility index (Phi) is 5.44. The van der Waals surface area contributed by atoms with Gasteiger partial charge in [0.05, 0.1) is 22.2 Å². The van der Waals surface area contributed by atoms with E-state index in [4.69, 9.17) is 9.84 Å². The fraction of sp³-hybridized carbons (Fsp3) is 0.0435. The van der Waals surface area contributed by atoms with Gasteiger partial charge in [-0.05, 0) is 42.5 Å². The molecule has 4 aromatic rings. The molecule has 1 amide bonds. The first kappa shape index (κ1) is 19.8. The van der Waals surface area contributed by atoms with E-state index < -0.39 is 24.5 Å². The molecule has 0 aliphatic heterocycles. The summed E-state index contributed by atoms with van der Waals surface area (Å²) in [5.41, 5.74) is 2.96. The van der Waals surface area contributed by atoms with Crippen molar-refractivity contribution in [2.75, 3.05) is 11.9 Å². The average Bonchev–Trinajstić information content (AvgIpc) is 3.22. The molecule has 0 bridgehead atoms. The number of esters is 1. The zero-order valence-corrected chi connectivity index (χ0v) is 16.2. The number of carboxylic acid groups (broad SMARTS) is 1. The summed E-state index contributed by atoms with van der Waals surface area (Å²) in [4.78, 5) is 43.3. The van der Waals surface area contributed by atoms with Crippen LogP contribution in [-0.2, 0) is 9.53 Å². The van der Waals surface area contributed by atoms with E-state index in [1.54, 1.807) is 24.3 Å². The molecule has 0 spiro atoms. The Balaban J connectivity index is 1.44. The van der Waals surface area contributed by atoms with Crippen LogP contribution in [0.1, 0.15) is 20.7 Å². The van der Waals surface area contributed by atoms with Gasteiger partial charge in [-0.1, -0.05) is 30.3 Å². The number of aromatic carboxylic acids is 1. The number of rotatable bonds is 6. The van der Waals surface area contributed by atoms with Gasteiger partial charge in [-0.25, -0.2) is 14.6 Å². The predicted molar refractivity (Wildman–Crippen MR) is 114 cm³/mol. The number of amides is 1. The number of aromatic nitrogens is 2. The number of hydrogen-bond donors (Lipinski definition) is 3. The van der Waals surface area contributed by atoms with Crippen molar-refractivity contribution in [2.24, 2.45) is 0 Å². The van der Waals surface area contributed by atoms with E-state index >= 15 is 0 Å². The number of hydrogen-bond acceptors (Lipinski definition) is 5. The van der Waals surface area contributed by atoms with Crippen molar-refractivity contribution in [3.8, 4) is 11.4 Å². The van der Waals surface area contributed by atoms with Crippen LogP contribution in [0.25, 0.3) is 22.4 Å². The predicted octanol–water partition coefficient (Wildman–Crippen LogP) is 3.72. The lowest BCUT2D eigenvalue weighted by Crippen LogP contribution is -2.21. The van der Waals surface area contributed by atoms with Crippen molar-refractivity contribution in [3.05, 3.63) is 83.9 Å². The number of aromatic amines is 1. The van der Waals surface area contributed by atoms with Crippen molar-refractivity contribution >= 4 is 34.6 Å². The molecular formula is C23H17N3O5. The topological polar surface area (TPSA) is 121 Å². The first-order chi connectivity index (χ1) is 15.0. The van der Waals surface area contributed by atoms with Crippen LogP contribution in [0, 0.1) is 0 Å². The van der Waals surface area contributed by atoms with E-state index in [2.05, 4.69) is 15.3 Å². The highest BCUT2D eigenvalue weighted by molar-refractivity contribution is 5.99. The number of para-hydroxylation sites is 2. The molecule has 3 aromatic carbocycles. The molecule has 8 nitrogen and oxygen atoms in total. The molecule has 0 radical (unpaired) electrons. The van der Waals surface area contributed by atoms with Crippen LogP contribution in [0.15, 0.2) is 72.8 Å². The molecule has 0 saturated heterocycles. The molecule has 0 unspecified atom stereocenters. The van der Waals surface area contributed by atoms with E-state index in [0.29, 0.717) is 17.1 Å². The maximum atomic E-state index is 12.6. The molecule has 0 fully saturated rings. The highest BCUT2D eigenvalue weighted by Crippen LogP contribution is 2.24. The maximum absolute atomic E-state index is 12.6. The molecule has 154 valence electrons. The summed E-state index contributed by atoms with van der Waals surface area (Å²) in [5.74, 6) is -1.74. The second-order valence-electron chi connectivity index (χ2n) is 6.65. The highest BCUT2D eigenvalue weighted by Gasteiger charge is 2.17. The van der Waals surface area contributed by atoms with Crippen molar-refractivity contribution in [2.45, 2.75) is 0 Å². The lowest BCUT2D eigenvalue weighted by atomic mass is 10.1. The smallest absolute Gasteiger partial charge is 0.339 e. The second-order valence-corrected chi connectivity index (χ2v) is 6.65. The van der Waals surface area contributed by atoms with Crippen LogP contribution in [0.3, 0.4) is 0 Å². The Labute approximate surface area is 176 Å². The Hall–Kier alpha value is -4.46. The minimum Gasteiger partial charge on any atom is -0.478 e. The van der Waals surface area contributed by atoms with Crippen LogP contribution in [0.2, 0.25) is 0 Å². The number of imidazole rings is 1. The zero-order chi connectivity index (χ0) is 21.8. The molecular weight excluding hydrogens is 398 g/mol. The van der Waals surface area contributed by atoms with Crippen molar-refractivity contribution in [1.29, 1.82) is 0 Å². The number of nitrogens with zero attached hydrogens (tertiary/aromatic N) is 1. The number of H-pyrrole nitrogens is 1. The highest BCUT2D eigenvalue weighted by atomic mass is 16.5. The number of carbonyl (C=O) groups excluding carboxylic acids is 2. The minimum atomic E-state index is -1.06. The largest absolute Gasteiger partial charge is 0.478 e. The quantitative estimate of drug-likeness (QED) is 0.413. The Morgan fingerprint density at radius 3 is 2.39 bits per heavy atom. The molecule has 0 aliphatic rings. The summed E-state index contributed by atoms with van der Waals surface area (Å²) in [6.45, 7) is -0.492. The number of carboxylic acids is 1. The SMILES string of the molecule is O=C(COC(=O)c1ccccc1-c1nc2ccccc2[nH]1)Nc1ccc(C(=O)O)cc1. The minimum absolute atomic E-state index is 0.103. The summed E-state index contributed by atoms with van der Waals surface area (Å²) >= 11 is 0. The van der Waals surface area contributed by atoms with Crippen LogP contribution in [-0.4, -0.2) is 39.5 Å². The summed E-state index contributed by atoms with van der Waals surface area (Å²) in [6, 6.07) is 20.0. The van der Waals surface area contributed by atoms with Gasteiger partial charge in [-0.15, -0.1) is 0 Å². The van der Waals surface area contributed by atoms with Crippen molar-refractivity contribution in [3.63, 3.8) is 0 Å². The van der Waals surface area contributed by atoms with Gasteiger partial charge >= 0.3 is 11.9 Å². The summed E-state index contributed by atoms with van der Waals surface area (Å²) in [6.07, 6.45) is 0. The van der Waals surface area contributed by atoms with Gasteiger partial charge in [-0.2, -0.15) is 0 Å². The normalized spacial score (nSPS) is 10.6. The van der Waals surface area contributed by atoms with Crippen molar-refractivity contribution < 1.29 is 24.2 Å². The van der Waals surface area contributed by atoms with E-state index in [1.807, 2.05) is 24.3 Å². The molecule has 0 atom stereocenters. The van der Waals surface area contributed by atoms with E-state index in [0.717, 1.165) is 11.0 Å². The second kappa shape index (κ2) is 8.50. The zero-order valence-electron chi connectivity index (χ0n) is 16.2. The Bertz CT molecular complexity index is 1240. The maximum Gasteiger partial charge on any atom is 0.339 e. The van der Waals surface area contributed by atoms with Crippen LogP contribution >= 0.6 is 0 Å². The van der Waals surface area contributed by atoms with E-state index in [1.165, 1.54) is 24.3 Å². The number of anilines is 1. The fourth-order valence-electron chi connectivity index (χ4n) is 3.05. The van der Waals surface area contributed by atoms with Gasteiger partial charge in [0.2, 0.25) is 0 Å². The number of ether oxygens (including phenoxy) is 1. The summed E-state index contributed by atoms with van der Waals surface area (Å²) < 4.78 is 5.17. The van der Waals surface area contributed by atoms with Gasteiger partial charge in [0.15, 0.2) is 6.61 Å². The molecule has 0 saturated carbocycles. The van der Waals surface area contributed by atoms with E-state index in [9.17, 15) is 14.4 Å². The monoisotopic (exact) mass is 415 g/mol. The number of carbonyl (C=O) groups is 3. The third kappa shape index (κ3) is 4.43. The van der Waals surface area contributed by atoms with Gasteiger partial charge in [0, 0.05) is 11.3 Å². The third-order valence-corrected chi connectivity index (χ3v) is 4.54.